The van der Waals surface area contributed by atoms with Crippen molar-refractivity contribution in [3.63, 3.8) is 0 Å². The Morgan fingerprint density at radius 1 is 1.46 bits per heavy atom. The van der Waals surface area contributed by atoms with Gasteiger partial charge in [-0.3, -0.25) is 0 Å². The van der Waals surface area contributed by atoms with Gasteiger partial charge < -0.3 is 10.1 Å². The van der Waals surface area contributed by atoms with Crippen molar-refractivity contribution in [2.45, 2.75) is 45.1 Å². The molecule has 0 radical (unpaired) electrons. The molecule has 2 aliphatic rings. The minimum Gasteiger partial charge on any atom is -0.381 e. The Hall–Kier alpha value is -0.0800. The molecule has 2 rings (SSSR count). The van der Waals surface area contributed by atoms with Crippen LogP contribution in [0.3, 0.4) is 0 Å². The fraction of sp³-hybridized carbons (Fsp3) is 1.00. The van der Waals surface area contributed by atoms with Crippen LogP contribution in [0.15, 0.2) is 0 Å². The summed E-state index contributed by atoms with van der Waals surface area (Å²) in [6, 6.07) is 0.745. The van der Waals surface area contributed by atoms with Crippen molar-refractivity contribution in [3.05, 3.63) is 0 Å². The van der Waals surface area contributed by atoms with Crippen LogP contribution >= 0.6 is 0 Å². The molecule has 1 unspecified atom stereocenters. The van der Waals surface area contributed by atoms with Gasteiger partial charge in [0.1, 0.15) is 0 Å². The van der Waals surface area contributed by atoms with E-state index in [9.17, 15) is 0 Å². The predicted molar refractivity (Wildman–Crippen MR) is 53.8 cm³/mol. The lowest BCUT2D eigenvalue weighted by Crippen LogP contribution is -2.55. The third-order valence-electron chi connectivity index (χ3n) is 3.67. The monoisotopic (exact) mass is 183 g/mol. The smallest absolute Gasteiger partial charge is 0.0537 e. The number of hydrogen-bond acceptors (Lipinski definition) is 2. The number of nitrogens with one attached hydrogen (secondary N) is 1. The van der Waals surface area contributed by atoms with E-state index in [1.807, 2.05) is 0 Å². The number of rotatable bonds is 3. The largest absolute Gasteiger partial charge is 0.381 e. The third kappa shape index (κ3) is 1.75. The first-order valence-electron chi connectivity index (χ1n) is 5.68. The highest BCUT2D eigenvalue weighted by molar-refractivity contribution is 4.99. The second-order valence-electron chi connectivity index (χ2n) is 4.56. The van der Waals surface area contributed by atoms with E-state index in [-0.39, 0.29) is 0 Å². The van der Waals surface area contributed by atoms with Crippen LogP contribution in [-0.4, -0.2) is 25.8 Å². The Morgan fingerprint density at radius 2 is 2.31 bits per heavy atom. The summed E-state index contributed by atoms with van der Waals surface area (Å²) in [5, 5.41) is 3.68. The first-order valence-corrected chi connectivity index (χ1v) is 5.68. The van der Waals surface area contributed by atoms with Gasteiger partial charge in [0.25, 0.3) is 0 Å². The summed E-state index contributed by atoms with van der Waals surface area (Å²) in [6.45, 7) is 5.38. The van der Waals surface area contributed by atoms with Crippen LogP contribution in [0.1, 0.15) is 39.0 Å². The van der Waals surface area contributed by atoms with E-state index in [1.54, 1.807) is 0 Å². The Bertz CT molecular complexity index is 165. The highest BCUT2D eigenvalue weighted by Gasteiger charge is 2.45. The molecule has 1 saturated heterocycles. The summed E-state index contributed by atoms with van der Waals surface area (Å²) in [4.78, 5) is 0. The molecule has 0 aromatic heterocycles. The zero-order valence-corrected chi connectivity index (χ0v) is 8.64. The van der Waals surface area contributed by atoms with E-state index in [4.69, 9.17) is 4.74 Å². The van der Waals surface area contributed by atoms with Gasteiger partial charge in [0, 0.05) is 18.1 Å². The molecule has 0 amide bonds. The first kappa shape index (κ1) is 9.47. The lowest BCUT2D eigenvalue weighted by atomic mass is 9.63. The maximum absolute atomic E-state index is 5.60. The minimum absolute atomic E-state index is 0.535. The maximum Gasteiger partial charge on any atom is 0.0537 e. The second-order valence-corrected chi connectivity index (χ2v) is 4.56. The van der Waals surface area contributed by atoms with E-state index >= 15 is 0 Å². The molecule has 0 aromatic rings. The van der Waals surface area contributed by atoms with Crippen molar-refractivity contribution < 1.29 is 4.74 Å². The summed E-state index contributed by atoms with van der Waals surface area (Å²) < 4.78 is 5.60. The van der Waals surface area contributed by atoms with Gasteiger partial charge in [-0.05, 0) is 32.2 Å². The van der Waals surface area contributed by atoms with Gasteiger partial charge in [-0.2, -0.15) is 0 Å². The Labute approximate surface area is 81.0 Å². The standard InChI is InChI=1S/C11H21NO/c1-2-7-12-10-4-8-13-9-11(10)5-3-6-11/h10,12H,2-9H2,1H3. The molecule has 2 nitrogen and oxygen atoms in total. The highest BCUT2D eigenvalue weighted by atomic mass is 16.5. The van der Waals surface area contributed by atoms with Crippen LogP contribution in [0.5, 0.6) is 0 Å². The number of hydrogen-bond donors (Lipinski definition) is 1. The van der Waals surface area contributed by atoms with Crippen LogP contribution < -0.4 is 5.32 Å². The number of ether oxygens (including phenoxy) is 1. The molecule has 1 aliphatic heterocycles. The molecule has 1 aliphatic carbocycles. The van der Waals surface area contributed by atoms with Crippen LogP contribution in [0, 0.1) is 5.41 Å². The van der Waals surface area contributed by atoms with Gasteiger partial charge in [0.05, 0.1) is 6.61 Å². The quantitative estimate of drug-likeness (QED) is 0.722. The summed E-state index contributed by atoms with van der Waals surface area (Å²) in [5.41, 5.74) is 0.535. The molecular formula is C11H21NO. The molecular weight excluding hydrogens is 162 g/mol. The fourth-order valence-corrected chi connectivity index (χ4v) is 2.64. The topological polar surface area (TPSA) is 21.3 Å². The molecule has 2 heteroatoms. The molecule has 0 aromatic carbocycles. The highest BCUT2D eigenvalue weighted by Crippen LogP contribution is 2.46. The zero-order chi connectivity index (χ0) is 9.15. The van der Waals surface area contributed by atoms with E-state index in [2.05, 4.69) is 12.2 Å². The van der Waals surface area contributed by atoms with Crippen molar-refractivity contribution in [2.24, 2.45) is 5.41 Å². The second kappa shape index (κ2) is 3.97. The lowest BCUT2D eigenvalue weighted by molar-refractivity contribution is -0.0774. The lowest BCUT2D eigenvalue weighted by Gasteiger charge is -2.50. The van der Waals surface area contributed by atoms with Crippen molar-refractivity contribution >= 4 is 0 Å². The van der Waals surface area contributed by atoms with Crippen LogP contribution in [0.4, 0.5) is 0 Å². The molecule has 0 bridgehead atoms. The van der Waals surface area contributed by atoms with Crippen molar-refractivity contribution in [1.82, 2.24) is 5.32 Å². The van der Waals surface area contributed by atoms with E-state index in [1.165, 1.54) is 38.6 Å². The predicted octanol–water partition coefficient (Wildman–Crippen LogP) is 1.95. The van der Waals surface area contributed by atoms with Crippen molar-refractivity contribution in [3.8, 4) is 0 Å². The van der Waals surface area contributed by atoms with Crippen molar-refractivity contribution in [1.29, 1.82) is 0 Å². The Morgan fingerprint density at radius 3 is 2.92 bits per heavy atom. The SMILES string of the molecule is CCCNC1CCOCC12CCC2. The molecule has 76 valence electrons. The first-order chi connectivity index (χ1) is 6.37. The van der Waals surface area contributed by atoms with Gasteiger partial charge in [-0.1, -0.05) is 13.3 Å². The van der Waals surface area contributed by atoms with Gasteiger partial charge in [-0.25, -0.2) is 0 Å². The maximum atomic E-state index is 5.60. The van der Waals surface area contributed by atoms with Gasteiger partial charge >= 0.3 is 0 Å². The molecule has 1 saturated carbocycles. The van der Waals surface area contributed by atoms with Gasteiger partial charge in [-0.15, -0.1) is 0 Å². The molecule has 2 fully saturated rings. The molecule has 1 spiro atoms. The summed E-state index contributed by atoms with van der Waals surface area (Å²) >= 11 is 0. The van der Waals surface area contributed by atoms with E-state index in [0.717, 1.165) is 19.3 Å². The molecule has 1 atom stereocenters. The Kier molecular flexibility index (Phi) is 2.89. The van der Waals surface area contributed by atoms with Gasteiger partial charge in [0.15, 0.2) is 0 Å². The third-order valence-corrected chi connectivity index (χ3v) is 3.67. The van der Waals surface area contributed by atoms with Crippen LogP contribution in [0.2, 0.25) is 0 Å². The zero-order valence-electron chi connectivity index (χ0n) is 8.64. The normalized spacial score (nSPS) is 31.6. The van der Waals surface area contributed by atoms with E-state index < -0.39 is 0 Å². The Balaban J connectivity index is 1.89. The molecule has 1 heterocycles. The average molecular weight is 183 g/mol. The summed E-state index contributed by atoms with van der Waals surface area (Å²) in [5.74, 6) is 0. The minimum atomic E-state index is 0.535. The molecule has 1 N–H and O–H groups in total. The molecule has 13 heavy (non-hydrogen) atoms. The average Bonchev–Trinajstić information content (AvgIpc) is 2.12. The van der Waals surface area contributed by atoms with Gasteiger partial charge in [0.2, 0.25) is 0 Å². The van der Waals surface area contributed by atoms with Crippen LogP contribution in [-0.2, 0) is 4.74 Å². The van der Waals surface area contributed by atoms with E-state index in [0.29, 0.717) is 5.41 Å². The van der Waals surface area contributed by atoms with Crippen LogP contribution in [0.25, 0.3) is 0 Å². The fourth-order valence-electron chi connectivity index (χ4n) is 2.64. The summed E-state index contributed by atoms with van der Waals surface area (Å²) in [6.07, 6.45) is 6.64. The summed E-state index contributed by atoms with van der Waals surface area (Å²) in [7, 11) is 0. The van der Waals surface area contributed by atoms with Crippen molar-refractivity contribution in [2.75, 3.05) is 19.8 Å².